The van der Waals surface area contributed by atoms with Gasteiger partial charge in [-0.15, -0.1) is 0 Å². The summed E-state index contributed by atoms with van der Waals surface area (Å²) in [7, 11) is 3.22. The summed E-state index contributed by atoms with van der Waals surface area (Å²) in [4.78, 5) is 25.0. The van der Waals surface area contributed by atoms with Gasteiger partial charge in [0.05, 0.1) is 11.4 Å². The molecule has 1 aromatic heterocycles. The fourth-order valence-electron chi connectivity index (χ4n) is 2.80. The number of carbonyl (C=O) groups is 2. The molecule has 0 spiro atoms. The molecule has 0 radical (unpaired) electrons. The quantitative estimate of drug-likeness (QED) is 0.464. The van der Waals surface area contributed by atoms with Crippen molar-refractivity contribution in [2.24, 2.45) is 0 Å². The SMILES string of the molecule is Cc1ccc(-c2nn(-c3ccccc3)cc2/C=C/C(=O)OCC(=O)N(C)C)cc1C. The highest BCUT2D eigenvalue weighted by molar-refractivity contribution is 5.90. The van der Waals surface area contributed by atoms with Crippen LogP contribution in [0.25, 0.3) is 23.0 Å². The number of nitrogens with zero attached hydrogens (tertiary/aromatic N) is 3. The first-order chi connectivity index (χ1) is 14.3. The van der Waals surface area contributed by atoms with Crippen molar-refractivity contribution in [2.75, 3.05) is 20.7 Å². The Kier molecular flexibility index (Phi) is 6.47. The van der Waals surface area contributed by atoms with E-state index in [4.69, 9.17) is 9.84 Å². The number of amides is 1. The minimum atomic E-state index is -0.580. The summed E-state index contributed by atoms with van der Waals surface area (Å²) in [5.74, 6) is -0.854. The zero-order valence-electron chi connectivity index (χ0n) is 17.6. The number of likely N-dealkylation sites (N-methyl/N-ethyl adjacent to an activating group) is 1. The number of benzene rings is 2. The molecule has 0 atom stereocenters. The van der Waals surface area contributed by atoms with Crippen molar-refractivity contribution >= 4 is 18.0 Å². The lowest BCUT2D eigenvalue weighted by molar-refractivity contribution is -0.146. The van der Waals surface area contributed by atoms with E-state index in [0.29, 0.717) is 0 Å². The summed E-state index contributed by atoms with van der Waals surface area (Å²) in [5, 5.41) is 4.75. The van der Waals surface area contributed by atoms with Gasteiger partial charge in [0.2, 0.25) is 0 Å². The van der Waals surface area contributed by atoms with Crippen LogP contribution in [0.2, 0.25) is 0 Å². The number of aryl methyl sites for hydroxylation is 2. The third kappa shape index (κ3) is 5.03. The maximum absolute atomic E-state index is 12.1. The van der Waals surface area contributed by atoms with E-state index in [1.54, 1.807) is 24.9 Å². The molecule has 0 aliphatic rings. The summed E-state index contributed by atoms with van der Waals surface area (Å²) in [6.45, 7) is 3.83. The molecule has 3 rings (SSSR count). The summed E-state index contributed by atoms with van der Waals surface area (Å²) >= 11 is 0. The molecule has 3 aromatic rings. The van der Waals surface area contributed by atoms with E-state index in [1.807, 2.05) is 42.6 Å². The van der Waals surface area contributed by atoms with Gasteiger partial charge in [0.1, 0.15) is 0 Å². The first kappa shape index (κ1) is 21.0. The van der Waals surface area contributed by atoms with Gasteiger partial charge in [0.15, 0.2) is 6.61 Å². The highest BCUT2D eigenvalue weighted by Gasteiger charge is 2.12. The fraction of sp³-hybridized carbons (Fsp3) is 0.208. The molecule has 0 aliphatic heterocycles. The summed E-state index contributed by atoms with van der Waals surface area (Å²) < 4.78 is 6.80. The molecular weight excluding hydrogens is 378 g/mol. The van der Waals surface area contributed by atoms with Crippen LogP contribution in [-0.2, 0) is 14.3 Å². The molecular formula is C24H25N3O3. The van der Waals surface area contributed by atoms with Crippen molar-refractivity contribution in [3.63, 3.8) is 0 Å². The average molecular weight is 403 g/mol. The molecule has 0 fully saturated rings. The Morgan fingerprint density at radius 3 is 2.47 bits per heavy atom. The van der Waals surface area contributed by atoms with Gasteiger partial charge in [-0.25, -0.2) is 9.48 Å². The molecule has 6 heteroatoms. The smallest absolute Gasteiger partial charge is 0.331 e. The van der Waals surface area contributed by atoms with Gasteiger partial charge in [-0.3, -0.25) is 4.79 Å². The van der Waals surface area contributed by atoms with Crippen LogP contribution in [0, 0.1) is 13.8 Å². The van der Waals surface area contributed by atoms with Crippen LogP contribution in [-0.4, -0.2) is 47.3 Å². The van der Waals surface area contributed by atoms with Crippen molar-refractivity contribution in [3.8, 4) is 16.9 Å². The predicted octanol–water partition coefficient (Wildman–Crippen LogP) is 3.80. The molecule has 0 N–H and O–H groups in total. The number of aromatic nitrogens is 2. The van der Waals surface area contributed by atoms with Gasteiger partial charge in [-0.05, 0) is 49.2 Å². The molecule has 1 amide bonds. The van der Waals surface area contributed by atoms with Crippen molar-refractivity contribution < 1.29 is 14.3 Å². The lowest BCUT2D eigenvalue weighted by Crippen LogP contribution is -2.27. The number of esters is 1. The van der Waals surface area contributed by atoms with Crippen molar-refractivity contribution in [2.45, 2.75) is 13.8 Å². The van der Waals surface area contributed by atoms with Crippen LogP contribution < -0.4 is 0 Å². The number of hydrogen-bond acceptors (Lipinski definition) is 4. The van der Waals surface area contributed by atoms with E-state index in [2.05, 4.69) is 26.0 Å². The summed E-state index contributed by atoms with van der Waals surface area (Å²) in [6.07, 6.45) is 4.86. The Bertz CT molecular complexity index is 1080. The molecule has 0 saturated heterocycles. The monoisotopic (exact) mass is 403 g/mol. The van der Waals surface area contributed by atoms with E-state index in [0.717, 1.165) is 22.5 Å². The zero-order valence-corrected chi connectivity index (χ0v) is 17.6. The van der Waals surface area contributed by atoms with Crippen molar-refractivity contribution in [3.05, 3.63) is 77.5 Å². The highest BCUT2D eigenvalue weighted by Crippen LogP contribution is 2.26. The maximum Gasteiger partial charge on any atom is 0.331 e. The minimum absolute atomic E-state index is 0.274. The first-order valence-corrected chi connectivity index (χ1v) is 9.63. The van der Waals surface area contributed by atoms with Gasteiger partial charge in [0, 0.05) is 37.5 Å². The minimum Gasteiger partial charge on any atom is -0.452 e. The van der Waals surface area contributed by atoms with Crippen LogP contribution in [0.5, 0.6) is 0 Å². The summed E-state index contributed by atoms with van der Waals surface area (Å²) in [5.41, 5.74) is 5.78. The Morgan fingerprint density at radius 1 is 1.07 bits per heavy atom. The number of rotatable bonds is 6. The molecule has 0 bridgehead atoms. The molecule has 0 aliphatic carbocycles. The molecule has 1 heterocycles. The van der Waals surface area contributed by atoms with E-state index in [-0.39, 0.29) is 12.5 Å². The topological polar surface area (TPSA) is 64.4 Å². The van der Waals surface area contributed by atoms with Crippen LogP contribution in [0.15, 0.2) is 60.8 Å². The molecule has 30 heavy (non-hydrogen) atoms. The Labute approximate surface area is 176 Å². The van der Waals surface area contributed by atoms with Gasteiger partial charge in [-0.2, -0.15) is 5.10 Å². The van der Waals surface area contributed by atoms with Crippen molar-refractivity contribution in [1.82, 2.24) is 14.7 Å². The average Bonchev–Trinajstić information content (AvgIpc) is 3.17. The third-order valence-electron chi connectivity index (χ3n) is 4.78. The third-order valence-corrected chi connectivity index (χ3v) is 4.78. The Morgan fingerprint density at radius 2 is 1.80 bits per heavy atom. The summed E-state index contributed by atoms with van der Waals surface area (Å²) in [6, 6.07) is 15.9. The standard InChI is InChI=1S/C24H25N3O3/c1-17-10-11-19(14-18(17)2)24-20(12-13-23(29)30-16-22(28)26(3)4)15-27(25-24)21-8-6-5-7-9-21/h5-15H,16H2,1-4H3/b13-12+. The van der Waals surface area contributed by atoms with Crippen LogP contribution in [0.3, 0.4) is 0 Å². The normalized spacial score (nSPS) is 10.9. The van der Waals surface area contributed by atoms with Crippen molar-refractivity contribution in [1.29, 1.82) is 0 Å². The maximum atomic E-state index is 12.1. The van der Waals surface area contributed by atoms with Crippen LogP contribution in [0.1, 0.15) is 16.7 Å². The highest BCUT2D eigenvalue weighted by atomic mass is 16.5. The molecule has 6 nitrogen and oxygen atoms in total. The fourth-order valence-corrected chi connectivity index (χ4v) is 2.80. The molecule has 0 saturated carbocycles. The number of hydrogen-bond donors (Lipinski definition) is 0. The Balaban J connectivity index is 1.91. The van der Waals surface area contributed by atoms with Crippen LogP contribution >= 0.6 is 0 Å². The second-order valence-electron chi connectivity index (χ2n) is 7.24. The predicted molar refractivity (Wildman–Crippen MR) is 117 cm³/mol. The second kappa shape index (κ2) is 9.22. The van der Waals surface area contributed by atoms with E-state index >= 15 is 0 Å². The van der Waals surface area contributed by atoms with Gasteiger partial charge < -0.3 is 9.64 Å². The number of para-hydroxylation sites is 1. The second-order valence-corrected chi connectivity index (χ2v) is 7.24. The van der Waals surface area contributed by atoms with E-state index in [1.165, 1.54) is 22.1 Å². The van der Waals surface area contributed by atoms with Crippen LogP contribution in [0.4, 0.5) is 0 Å². The molecule has 2 aromatic carbocycles. The lowest BCUT2D eigenvalue weighted by atomic mass is 10.0. The van der Waals surface area contributed by atoms with Gasteiger partial charge in [-0.1, -0.05) is 30.3 Å². The Hall–Kier alpha value is -3.67. The van der Waals surface area contributed by atoms with Gasteiger partial charge >= 0.3 is 5.97 Å². The van der Waals surface area contributed by atoms with Gasteiger partial charge in [0.25, 0.3) is 5.91 Å². The number of ether oxygens (including phenoxy) is 1. The first-order valence-electron chi connectivity index (χ1n) is 9.63. The van der Waals surface area contributed by atoms with E-state index < -0.39 is 5.97 Å². The largest absolute Gasteiger partial charge is 0.452 e. The molecule has 154 valence electrons. The number of carbonyl (C=O) groups excluding carboxylic acids is 2. The van der Waals surface area contributed by atoms with E-state index in [9.17, 15) is 9.59 Å². The molecule has 0 unspecified atom stereocenters. The zero-order chi connectivity index (χ0) is 21.7. The lowest BCUT2D eigenvalue weighted by Gasteiger charge is -2.09.